The van der Waals surface area contributed by atoms with Crippen molar-refractivity contribution in [1.82, 2.24) is 10.2 Å². The Balaban J connectivity index is 1.92. The van der Waals surface area contributed by atoms with Crippen LogP contribution in [0.4, 0.5) is 0 Å². The van der Waals surface area contributed by atoms with E-state index in [1.807, 2.05) is 18.8 Å². The van der Waals surface area contributed by atoms with Crippen LogP contribution in [0.2, 0.25) is 0 Å². The van der Waals surface area contributed by atoms with Gasteiger partial charge in [0.25, 0.3) is 0 Å². The first kappa shape index (κ1) is 12.2. The van der Waals surface area contributed by atoms with Gasteiger partial charge in [-0.15, -0.1) is 0 Å². The van der Waals surface area contributed by atoms with Crippen molar-refractivity contribution < 1.29 is 4.79 Å². The summed E-state index contributed by atoms with van der Waals surface area (Å²) in [6.07, 6.45) is 5.36. The van der Waals surface area contributed by atoms with E-state index in [9.17, 15) is 4.79 Å². The largest absolute Gasteiger partial charge is 0.340 e. The molecule has 1 unspecified atom stereocenters. The van der Waals surface area contributed by atoms with Crippen LogP contribution in [0.1, 0.15) is 25.7 Å². The zero-order valence-electron chi connectivity index (χ0n) is 10.1. The maximum atomic E-state index is 12.2. The molecule has 1 aliphatic carbocycles. The third-order valence-electron chi connectivity index (χ3n) is 3.70. The SMILES string of the molecule is CNC1CSCCN(CC2CCCC2)C1=O. The predicted octanol–water partition coefficient (Wildman–Crippen LogP) is 1.34. The van der Waals surface area contributed by atoms with Gasteiger partial charge >= 0.3 is 0 Å². The maximum absolute atomic E-state index is 12.2. The standard InChI is InChI=1S/C12H22N2OS/c1-13-11-9-16-7-6-14(12(11)15)8-10-4-2-3-5-10/h10-11,13H,2-9H2,1H3. The third kappa shape index (κ3) is 2.92. The van der Waals surface area contributed by atoms with Gasteiger partial charge in [-0.25, -0.2) is 0 Å². The van der Waals surface area contributed by atoms with Crippen molar-refractivity contribution in [2.75, 3.05) is 31.6 Å². The summed E-state index contributed by atoms with van der Waals surface area (Å²) in [7, 11) is 1.89. The van der Waals surface area contributed by atoms with Gasteiger partial charge in [0.2, 0.25) is 5.91 Å². The summed E-state index contributed by atoms with van der Waals surface area (Å²) >= 11 is 1.89. The summed E-state index contributed by atoms with van der Waals surface area (Å²) in [5, 5.41) is 3.14. The summed E-state index contributed by atoms with van der Waals surface area (Å²) in [6, 6.07) is 0.0360. The minimum Gasteiger partial charge on any atom is -0.340 e. The maximum Gasteiger partial charge on any atom is 0.240 e. The fraction of sp³-hybridized carbons (Fsp3) is 0.917. The Labute approximate surface area is 102 Å². The Morgan fingerprint density at radius 3 is 2.88 bits per heavy atom. The number of nitrogens with zero attached hydrogens (tertiary/aromatic N) is 1. The fourth-order valence-corrected chi connectivity index (χ4v) is 3.73. The highest BCUT2D eigenvalue weighted by molar-refractivity contribution is 7.99. The van der Waals surface area contributed by atoms with Gasteiger partial charge in [0.05, 0.1) is 6.04 Å². The summed E-state index contributed by atoms with van der Waals surface area (Å²) in [6.45, 7) is 1.94. The van der Waals surface area contributed by atoms with E-state index in [0.29, 0.717) is 5.91 Å². The number of nitrogens with one attached hydrogen (secondary N) is 1. The van der Waals surface area contributed by atoms with Gasteiger partial charge in [-0.1, -0.05) is 12.8 Å². The zero-order valence-corrected chi connectivity index (χ0v) is 10.9. The molecule has 3 nitrogen and oxygen atoms in total. The van der Waals surface area contributed by atoms with Gasteiger partial charge in [0, 0.05) is 24.6 Å². The minimum atomic E-state index is 0.0360. The van der Waals surface area contributed by atoms with Gasteiger partial charge in [0.1, 0.15) is 0 Å². The molecule has 2 rings (SSSR count). The Morgan fingerprint density at radius 1 is 1.44 bits per heavy atom. The molecule has 92 valence electrons. The Hall–Kier alpha value is -0.220. The van der Waals surface area contributed by atoms with Crippen molar-refractivity contribution in [3.05, 3.63) is 0 Å². The van der Waals surface area contributed by atoms with E-state index >= 15 is 0 Å². The van der Waals surface area contributed by atoms with Gasteiger partial charge in [-0.3, -0.25) is 4.79 Å². The van der Waals surface area contributed by atoms with Crippen LogP contribution in [0.25, 0.3) is 0 Å². The Morgan fingerprint density at radius 2 is 2.19 bits per heavy atom. The Kier molecular flexibility index (Phi) is 4.53. The summed E-state index contributed by atoms with van der Waals surface area (Å²) < 4.78 is 0. The lowest BCUT2D eigenvalue weighted by Crippen LogP contribution is -2.46. The molecule has 1 saturated carbocycles. The van der Waals surface area contributed by atoms with Crippen LogP contribution in [-0.4, -0.2) is 48.5 Å². The van der Waals surface area contributed by atoms with Gasteiger partial charge < -0.3 is 10.2 Å². The van der Waals surface area contributed by atoms with Crippen molar-refractivity contribution in [3.63, 3.8) is 0 Å². The molecular weight excluding hydrogens is 220 g/mol. The van der Waals surface area contributed by atoms with Crippen LogP contribution in [-0.2, 0) is 4.79 Å². The van der Waals surface area contributed by atoms with Crippen LogP contribution in [0, 0.1) is 5.92 Å². The van der Waals surface area contributed by atoms with E-state index in [1.165, 1.54) is 25.7 Å². The minimum absolute atomic E-state index is 0.0360. The molecular formula is C12H22N2OS. The molecule has 0 spiro atoms. The lowest BCUT2D eigenvalue weighted by atomic mass is 10.1. The third-order valence-corrected chi connectivity index (χ3v) is 4.74. The molecule has 1 amide bonds. The predicted molar refractivity (Wildman–Crippen MR) is 68.7 cm³/mol. The number of thioether (sulfide) groups is 1. The first-order chi connectivity index (χ1) is 7.81. The number of carbonyl (C=O) groups excluding carboxylic acids is 1. The summed E-state index contributed by atoms with van der Waals surface area (Å²) in [5.41, 5.74) is 0. The van der Waals surface area contributed by atoms with Crippen LogP contribution in [0.3, 0.4) is 0 Å². The molecule has 0 bridgehead atoms. The van der Waals surface area contributed by atoms with E-state index in [4.69, 9.17) is 0 Å². The highest BCUT2D eigenvalue weighted by atomic mass is 32.2. The van der Waals surface area contributed by atoms with E-state index in [2.05, 4.69) is 10.2 Å². The second kappa shape index (κ2) is 5.92. The van der Waals surface area contributed by atoms with Gasteiger partial charge in [-0.05, 0) is 25.8 Å². The molecule has 0 radical (unpaired) electrons. The number of carbonyl (C=O) groups is 1. The van der Waals surface area contributed by atoms with E-state index in [-0.39, 0.29) is 6.04 Å². The average Bonchev–Trinajstić information content (AvgIpc) is 2.73. The lowest BCUT2D eigenvalue weighted by Gasteiger charge is -2.26. The molecule has 0 aromatic rings. The second-order valence-corrected chi connectivity index (χ2v) is 6.00. The molecule has 1 heterocycles. The number of hydrogen-bond acceptors (Lipinski definition) is 3. The first-order valence-electron chi connectivity index (χ1n) is 6.35. The van der Waals surface area contributed by atoms with E-state index in [1.54, 1.807) is 0 Å². The molecule has 0 aromatic carbocycles. The van der Waals surface area contributed by atoms with Crippen molar-refractivity contribution in [2.45, 2.75) is 31.7 Å². The molecule has 1 N–H and O–H groups in total. The number of rotatable bonds is 3. The van der Waals surface area contributed by atoms with Gasteiger partial charge in [0.15, 0.2) is 0 Å². The van der Waals surface area contributed by atoms with Crippen molar-refractivity contribution >= 4 is 17.7 Å². The highest BCUT2D eigenvalue weighted by Crippen LogP contribution is 2.26. The molecule has 0 aromatic heterocycles. The van der Waals surface area contributed by atoms with E-state index < -0.39 is 0 Å². The quantitative estimate of drug-likeness (QED) is 0.810. The molecule has 2 fully saturated rings. The number of hydrogen-bond donors (Lipinski definition) is 1. The number of likely N-dealkylation sites (N-methyl/N-ethyl adjacent to an activating group) is 1. The summed E-state index contributed by atoms with van der Waals surface area (Å²) in [4.78, 5) is 14.3. The van der Waals surface area contributed by atoms with Crippen molar-refractivity contribution in [2.24, 2.45) is 5.92 Å². The lowest BCUT2D eigenvalue weighted by molar-refractivity contribution is -0.132. The fourth-order valence-electron chi connectivity index (χ4n) is 2.67. The zero-order chi connectivity index (χ0) is 11.4. The Bertz CT molecular complexity index is 241. The highest BCUT2D eigenvalue weighted by Gasteiger charge is 2.28. The average molecular weight is 242 g/mol. The van der Waals surface area contributed by atoms with Crippen molar-refractivity contribution in [1.29, 1.82) is 0 Å². The molecule has 4 heteroatoms. The smallest absolute Gasteiger partial charge is 0.240 e. The summed E-state index contributed by atoms with van der Waals surface area (Å²) in [5.74, 6) is 3.11. The van der Waals surface area contributed by atoms with E-state index in [0.717, 1.165) is 30.5 Å². The normalized spacial score (nSPS) is 28.4. The molecule has 2 aliphatic rings. The molecule has 16 heavy (non-hydrogen) atoms. The van der Waals surface area contributed by atoms with Crippen LogP contribution in [0.5, 0.6) is 0 Å². The molecule has 1 saturated heterocycles. The topological polar surface area (TPSA) is 32.3 Å². The van der Waals surface area contributed by atoms with Crippen LogP contribution < -0.4 is 5.32 Å². The molecule has 1 atom stereocenters. The van der Waals surface area contributed by atoms with Crippen LogP contribution in [0.15, 0.2) is 0 Å². The first-order valence-corrected chi connectivity index (χ1v) is 7.50. The monoisotopic (exact) mass is 242 g/mol. The van der Waals surface area contributed by atoms with Gasteiger partial charge in [-0.2, -0.15) is 11.8 Å². The van der Waals surface area contributed by atoms with Crippen LogP contribution >= 0.6 is 11.8 Å². The molecule has 1 aliphatic heterocycles. The second-order valence-electron chi connectivity index (χ2n) is 4.85. The van der Waals surface area contributed by atoms with Crippen molar-refractivity contribution in [3.8, 4) is 0 Å². The number of amides is 1.